The van der Waals surface area contributed by atoms with Crippen LogP contribution in [0.2, 0.25) is 0 Å². The molecule has 0 aliphatic rings. The number of rotatable bonds is 8. The van der Waals surface area contributed by atoms with E-state index < -0.39 is 6.10 Å². The van der Waals surface area contributed by atoms with Gasteiger partial charge < -0.3 is 10.4 Å². The molecule has 0 fully saturated rings. The lowest BCUT2D eigenvalue weighted by molar-refractivity contribution is -0.119. The number of carbonyl (C=O) groups excluding carboxylic acids is 2. The van der Waals surface area contributed by atoms with E-state index in [9.17, 15) is 14.7 Å². The van der Waals surface area contributed by atoms with E-state index in [1.54, 1.807) is 25.4 Å². The van der Waals surface area contributed by atoms with Gasteiger partial charge in [0.1, 0.15) is 0 Å². The molecule has 2 N–H and O–H groups in total. The van der Waals surface area contributed by atoms with Crippen molar-refractivity contribution in [2.24, 2.45) is 0 Å². The molecule has 2 aromatic heterocycles. The van der Waals surface area contributed by atoms with Gasteiger partial charge in [-0.2, -0.15) is 0 Å². The molecular formula is C28H27N3O3. The SMILES string of the molecule is CC(=O)NCc1ccc(-c2ccc(-c3cc(C(=O)CC[C@@H](C)O)c4cnccc4n3)cc2)cc1. The molecule has 6 heteroatoms. The molecule has 0 saturated heterocycles. The van der Waals surface area contributed by atoms with Crippen molar-refractivity contribution in [1.82, 2.24) is 15.3 Å². The second kappa shape index (κ2) is 10.4. The Morgan fingerprint density at radius 1 is 0.971 bits per heavy atom. The van der Waals surface area contributed by atoms with Gasteiger partial charge in [-0.05, 0) is 42.2 Å². The van der Waals surface area contributed by atoms with Crippen LogP contribution in [-0.4, -0.2) is 32.9 Å². The van der Waals surface area contributed by atoms with Crippen LogP contribution < -0.4 is 5.32 Å². The summed E-state index contributed by atoms with van der Waals surface area (Å²) < 4.78 is 0. The minimum atomic E-state index is -0.526. The first-order valence-corrected chi connectivity index (χ1v) is 11.3. The summed E-state index contributed by atoms with van der Waals surface area (Å²) in [6.07, 6.45) is 3.49. The Balaban J connectivity index is 1.61. The molecule has 2 heterocycles. The van der Waals surface area contributed by atoms with E-state index in [0.717, 1.165) is 33.3 Å². The van der Waals surface area contributed by atoms with E-state index in [2.05, 4.69) is 10.3 Å². The second-order valence-corrected chi connectivity index (χ2v) is 8.44. The van der Waals surface area contributed by atoms with Gasteiger partial charge in [0, 0.05) is 48.8 Å². The number of hydrogen-bond acceptors (Lipinski definition) is 5. The van der Waals surface area contributed by atoms with Crippen molar-refractivity contribution in [2.45, 2.75) is 39.3 Å². The molecule has 0 spiro atoms. The summed E-state index contributed by atoms with van der Waals surface area (Å²) in [7, 11) is 0. The number of carbonyl (C=O) groups is 2. The van der Waals surface area contributed by atoms with Crippen molar-refractivity contribution in [3.05, 3.63) is 84.2 Å². The van der Waals surface area contributed by atoms with E-state index >= 15 is 0 Å². The minimum Gasteiger partial charge on any atom is -0.393 e. The van der Waals surface area contributed by atoms with Gasteiger partial charge in [0.2, 0.25) is 5.91 Å². The predicted molar refractivity (Wildman–Crippen MR) is 133 cm³/mol. The number of fused-ring (bicyclic) bond motifs is 1. The van der Waals surface area contributed by atoms with E-state index in [4.69, 9.17) is 4.98 Å². The van der Waals surface area contributed by atoms with Crippen LogP contribution in [0.25, 0.3) is 33.3 Å². The highest BCUT2D eigenvalue weighted by molar-refractivity contribution is 6.08. The molecule has 172 valence electrons. The number of aliphatic hydroxyl groups is 1. The Kier molecular flexibility index (Phi) is 7.09. The summed E-state index contributed by atoms with van der Waals surface area (Å²) in [5, 5.41) is 13.1. The Morgan fingerprint density at radius 3 is 2.26 bits per heavy atom. The minimum absolute atomic E-state index is 0.0291. The van der Waals surface area contributed by atoms with Crippen LogP contribution >= 0.6 is 0 Å². The van der Waals surface area contributed by atoms with Gasteiger partial charge in [-0.25, -0.2) is 4.98 Å². The zero-order chi connectivity index (χ0) is 24.1. The lowest BCUT2D eigenvalue weighted by Crippen LogP contribution is -2.18. The fraction of sp³-hybridized carbons (Fsp3) is 0.214. The monoisotopic (exact) mass is 453 g/mol. The van der Waals surface area contributed by atoms with Crippen LogP contribution in [-0.2, 0) is 11.3 Å². The highest BCUT2D eigenvalue weighted by Crippen LogP contribution is 2.28. The Hall–Kier alpha value is -3.90. The largest absolute Gasteiger partial charge is 0.393 e. The third kappa shape index (κ3) is 5.53. The maximum atomic E-state index is 12.9. The third-order valence-electron chi connectivity index (χ3n) is 5.71. The quantitative estimate of drug-likeness (QED) is 0.369. The summed E-state index contributed by atoms with van der Waals surface area (Å²) in [6.45, 7) is 3.70. The third-order valence-corrected chi connectivity index (χ3v) is 5.71. The van der Waals surface area contributed by atoms with E-state index in [1.165, 1.54) is 6.92 Å². The smallest absolute Gasteiger partial charge is 0.217 e. The van der Waals surface area contributed by atoms with Gasteiger partial charge in [0.25, 0.3) is 0 Å². The summed E-state index contributed by atoms with van der Waals surface area (Å²) in [6, 6.07) is 19.8. The average molecular weight is 454 g/mol. The van der Waals surface area contributed by atoms with Crippen molar-refractivity contribution >= 4 is 22.6 Å². The molecule has 1 atom stereocenters. The van der Waals surface area contributed by atoms with Gasteiger partial charge >= 0.3 is 0 Å². The molecule has 2 aromatic carbocycles. The van der Waals surface area contributed by atoms with E-state index in [0.29, 0.717) is 24.0 Å². The highest BCUT2D eigenvalue weighted by atomic mass is 16.3. The first-order valence-electron chi connectivity index (χ1n) is 11.3. The van der Waals surface area contributed by atoms with Gasteiger partial charge in [0.05, 0.1) is 17.3 Å². The molecule has 0 unspecified atom stereocenters. The Morgan fingerprint density at radius 2 is 1.62 bits per heavy atom. The number of benzene rings is 2. The zero-order valence-corrected chi connectivity index (χ0v) is 19.3. The fourth-order valence-corrected chi connectivity index (χ4v) is 3.80. The molecule has 1 amide bonds. The van der Waals surface area contributed by atoms with Crippen molar-refractivity contribution in [2.75, 3.05) is 0 Å². The average Bonchev–Trinajstić information content (AvgIpc) is 2.85. The number of pyridine rings is 2. The number of amides is 1. The number of hydrogen-bond donors (Lipinski definition) is 2. The van der Waals surface area contributed by atoms with Crippen molar-refractivity contribution in [3.63, 3.8) is 0 Å². The molecule has 0 bridgehead atoms. The Bertz CT molecular complexity index is 1310. The number of Topliss-reactive ketones (excluding diaryl/α,β-unsaturated/α-hetero) is 1. The molecule has 4 rings (SSSR count). The lowest BCUT2D eigenvalue weighted by atomic mass is 9.98. The standard InChI is InChI=1S/C28H27N3O3/c1-18(32)3-12-28(34)24-15-27(31-26-13-14-29-17-25(24)26)23-10-8-22(9-11-23)21-6-4-20(5-7-21)16-30-19(2)33/h4-11,13-15,17-18,32H,3,12,16H2,1-2H3,(H,30,33)/t18-/m1/s1. The molecule has 0 aliphatic heterocycles. The summed E-state index contributed by atoms with van der Waals surface area (Å²) in [5.41, 5.74) is 6.10. The van der Waals surface area contributed by atoms with Gasteiger partial charge in [-0.3, -0.25) is 14.6 Å². The van der Waals surface area contributed by atoms with Gasteiger partial charge in [-0.15, -0.1) is 0 Å². The zero-order valence-electron chi connectivity index (χ0n) is 19.3. The first kappa shape index (κ1) is 23.3. The number of aliphatic hydroxyl groups excluding tert-OH is 1. The molecule has 0 aliphatic carbocycles. The summed E-state index contributed by atoms with van der Waals surface area (Å²) in [4.78, 5) is 32.9. The van der Waals surface area contributed by atoms with Gasteiger partial charge in [-0.1, -0.05) is 48.5 Å². The molecular weight excluding hydrogens is 426 g/mol. The number of nitrogens with zero attached hydrogens (tertiary/aromatic N) is 2. The van der Waals surface area contributed by atoms with Crippen molar-refractivity contribution < 1.29 is 14.7 Å². The van der Waals surface area contributed by atoms with Crippen LogP contribution in [0.5, 0.6) is 0 Å². The van der Waals surface area contributed by atoms with Crippen LogP contribution in [0.1, 0.15) is 42.6 Å². The highest BCUT2D eigenvalue weighted by Gasteiger charge is 2.15. The topological polar surface area (TPSA) is 92.2 Å². The first-order chi connectivity index (χ1) is 16.4. The fourth-order valence-electron chi connectivity index (χ4n) is 3.80. The molecule has 6 nitrogen and oxygen atoms in total. The van der Waals surface area contributed by atoms with E-state index in [1.807, 2.05) is 54.6 Å². The number of ketones is 1. The number of nitrogens with one attached hydrogen (secondary N) is 1. The van der Waals surface area contributed by atoms with Crippen LogP contribution in [0.15, 0.2) is 73.1 Å². The van der Waals surface area contributed by atoms with E-state index in [-0.39, 0.29) is 18.1 Å². The normalized spacial score (nSPS) is 11.9. The molecule has 0 saturated carbocycles. The van der Waals surface area contributed by atoms with Crippen molar-refractivity contribution in [1.29, 1.82) is 0 Å². The second-order valence-electron chi connectivity index (χ2n) is 8.44. The summed E-state index contributed by atoms with van der Waals surface area (Å²) >= 11 is 0. The van der Waals surface area contributed by atoms with Gasteiger partial charge in [0.15, 0.2) is 5.78 Å². The van der Waals surface area contributed by atoms with Crippen LogP contribution in [0, 0.1) is 0 Å². The van der Waals surface area contributed by atoms with Crippen LogP contribution in [0.4, 0.5) is 0 Å². The molecule has 4 aromatic rings. The van der Waals surface area contributed by atoms with Crippen LogP contribution in [0.3, 0.4) is 0 Å². The summed E-state index contributed by atoms with van der Waals surface area (Å²) in [5.74, 6) is -0.0791. The maximum Gasteiger partial charge on any atom is 0.217 e. The molecule has 0 radical (unpaired) electrons. The number of aromatic nitrogens is 2. The molecule has 34 heavy (non-hydrogen) atoms. The maximum absolute atomic E-state index is 12.9. The lowest BCUT2D eigenvalue weighted by Gasteiger charge is -2.11. The Labute approximate surface area is 198 Å². The van der Waals surface area contributed by atoms with Crippen molar-refractivity contribution in [3.8, 4) is 22.4 Å². The predicted octanol–water partition coefficient (Wildman–Crippen LogP) is 4.94.